The van der Waals surface area contributed by atoms with Crippen LogP contribution in [0.25, 0.3) is 10.7 Å². The van der Waals surface area contributed by atoms with E-state index in [-0.39, 0.29) is 5.91 Å². The lowest BCUT2D eigenvalue weighted by atomic mass is 10.2. The molecule has 0 spiro atoms. The summed E-state index contributed by atoms with van der Waals surface area (Å²) >= 11 is 1.55. The number of nitrogens with two attached hydrogens (primary N) is 1. The van der Waals surface area contributed by atoms with Gasteiger partial charge in [-0.25, -0.2) is 0 Å². The van der Waals surface area contributed by atoms with E-state index in [1.807, 2.05) is 17.5 Å². The summed E-state index contributed by atoms with van der Waals surface area (Å²) in [5.74, 6) is 1.07. The van der Waals surface area contributed by atoms with Gasteiger partial charge < -0.3 is 15.6 Å². The second kappa shape index (κ2) is 7.76. The molecule has 3 N–H and O–H groups in total. The molecule has 0 atom stereocenters. The smallest absolute Gasteiger partial charge is 0.227 e. The maximum atomic E-state index is 11.6. The van der Waals surface area contributed by atoms with Crippen molar-refractivity contribution in [2.45, 2.75) is 25.7 Å². The van der Waals surface area contributed by atoms with Crippen molar-refractivity contribution in [1.29, 1.82) is 0 Å². The number of amides is 1. The van der Waals surface area contributed by atoms with Gasteiger partial charge in [0.1, 0.15) is 0 Å². The molecule has 0 saturated heterocycles. The molecule has 2 heterocycles. The van der Waals surface area contributed by atoms with Crippen LogP contribution < -0.4 is 11.1 Å². The number of aryl methyl sites for hydroxylation is 1. The van der Waals surface area contributed by atoms with E-state index in [1.165, 1.54) is 0 Å². The molecule has 0 fully saturated rings. The Kier molecular flexibility index (Phi) is 5.69. The Morgan fingerprint density at radius 2 is 2.35 bits per heavy atom. The van der Waals surface area contributed by atoms with E-state index < -0.39 is 0 Å². The average molecular weight is 294 g/mol. The summed E-state index contributed by atoms with van der Waals surface area (Å²) in [6, 6.07) is 3.87. The van der Waals surface area contributed by atoms with Crippen LogP contribution in [0.5, 0.6) is 0 Å². The number of unbranched alkanes of at least 4 members (excludes halogenated alkanes) is 1. The molecule has 1 amide bonds. The van der Waals surface area contributed by atoms with Crippen molar-refractivity contribution in [2.24, 2.45) is 5.73 Å². The van der Waals surface area contributed by atoms with E-state index in [4.69, 9.17) is 10.3 Å². The van der Waals surface area contributed by atoms with Gasteiger partial charge in [-0.05, 0) is 30.8 Å². The molecule has 7 heteroatoms. The van der Waals surface area contributed by atoms with Gasteiger partial charge in [-0.2, -0.15) is 4.98 Å². The van der Waals surface area contributed by atoms with Crippen LogP contribution in [-0.4, -0.2) is 29.1 Å². The molecule has 20 heavy (non-hydrogen) atoms. The van der Waals surface area contributed by atoms with Crippen molar-refractivity contribution in [3.63, 3.8) is 0 Å². The fourth-order valence-corrected chi connectivity index (χ4v) is 2.32. The van der Waals surface area contributed by atoms with Gasteiger partial charge in [-0.15, -0.1) is 11.3 Å². The molecule has 0 radical (unpaired) electrons. The van der Waals surface area contributed by atoms with Gasteiger partial charge in [-0.1, -0.05) is 11.2 Å². The molecule has 0 aromatic carbocycles. The van der Waals surface area contributed by atoms with Gasteiger partial charge >= 0.3 is 0 Å². The van der Waals surface area contributed by atoms with E-state index >= 15 is 0 Å². The number of nitrogens with one attached hydrogen (secondary N) is 1. The summed E-state index contributed by atoms with van der Waals surface area (Å²) in [7, 11) is 0. The third-order valence-corrected chi connectivity index (χ3v) is 3.59. The van der Waals surface area contributed by atoms with Gasteiger partial charge in [-0.3, -0.25) is 4.79 Å². The average Bonchev–Trinajstić information content (AvgIpc) is 3.11. The number of carbonyl (C=O) groups is 1. The summed E-state index contributed by atoms with van der Waals surface area (Å²) in [5, 5.41) is 8.70. The van der Waals surface area contributed by atoms with Gasteiger partial charge in [0.25, 0.3) is 0 Å². The Morgan fingerprint density at radius 1 is 1.45 bits per heavy atom. The molecule has 2 aromatic rings. The molecule has 0 bridgehead atoms. The fourth-order valence-electron chi connectivity index (χ4n) is 1.67. The van der Waals surface area contributed by atoms with Crippen molar-refractivity contribution in [2.75, 3.05) is 13.1 Å². The summed E-state index contributed by atoms with van der Waals surface area (Å²) < 4.78 is 5.13. The predicted molar refractivity (Wildman–Crippen MR) is 77.2 cm³/mol. The zero-order valence-electron chi connectivity index (χ0n) is 11.2. The van der Waals surface area contributed by atoms with Crippen molar-refractivity contribution >= 4 is 17.2 Å². The van der Waals surface area contributed by atoms with Crippen LogP contribution in [0, 0.1) is 0 Å². The van der Waals surface area contributed by atoms with Gasteiger partial charge in [0.15, 0.2) is 0 Å². The number of thiophene rings is 1. The Balaban J connectivity index is 1.73. The molecular formula is C13H18N4O2S. The summed E-state index contributed by atoms with van der Waals surface area (Å²) in [5.41, 5.74) is 5.38. The standard InChI is InChI=1S/C13H18N4O2S/c14-7-1-2-8-15-11(18)5-6-12-16-13(17-19-12)10-4-3-9-20-10/h3-4,9H,1-2,5-8,14H2,(H,15,18). The van der Waals surface area contributed by atoms with Crippen LogP contribution >= 0.6 is 11.3 Å². The number of rotatable bonds is 8. The molecule has 0 aliphatic rings. The number of carbonyl (C=O) groups excluding carboxylic acids is 1. The molecule has 6 nitrogen and oxygen atoms in total. The number of hydrogen-bond acceptors (Lipinski definition) is 6. The first-order valence-electron chi connectivity index (χ1n) is 6.63. The highest BCUT2D eigenvalue weighted by Crippen LogP contribution is 2.21. The summed E-state index contributed by atoms with van der Waals surface area (Å²) in [4.78, 5) is 16.8. The molecular weight excluding hydrogens is 276 g/mol. The Labute approximate surface area is 121 Å². The van der Waals surface area contributed by atoms with Crippen LogP contribution in [0.4, 0.5) is 0 Å². The first-order chi connectivity index (χ1) is 9.79. The summed E-state index contributed by atoms with van der Waals surface area (Å²) in [6.07, 6.45) is 2.65. The van der Waals surface area contributed by atoms with Crippen LogP contribution in [0.3, 0.4) is 0 Å². The zero-order valence-corrected chi connectivity index (χ0v) is 12.0. The number of nitrogens with zero attached hydrogens (tertiary/aromatic N) is 2. The van der Waals surface area contributed by atoms with E-state index in [0.29, 0.717) is 37.6 Å². The van der Waals surface area contributed by atoms with Crippen molar-refractivity contribution in [3.8, 4) is 10.7 Å². The number of hydrogen-bond donors (Lipinski definition) is 2. The molecule has 0 unspecified atom stereocenters. The van der Waals surface area contributed by atoms with Gasteiger partial charge in [0.05, 0.1) is 4.88 Å². The van der Waals surface area contributed by atoms with Gasteiger partial charge in [0, 0.05) is 19.4 Å². The maximum absolute atomic E-state index is 11.6. The highest BCUT2D eigenvalue weighted by atomic mass is 32.1. The molecule has 108 valence electrons. The Morgan fingerprint density at radius 3 is 3.10 bits per heavy atom. The van der Waals surface area contributed by atoms with Crippen LogP contribution in [-0.2, 0) is 11.2 Å². The third-order valence-electron chi connectivity index (χ3n) is 2.73. The van der Waals surface area contributed by atoms with Crippen LogP contribution in [0.15, 0.2) is 22.0 Å². The largest absolute Gasteiger partial charge is 0.356 e. The molecule has 0 saturated carbocycles. The maximum Gasteiger partial charge on any atom is 0.227 e. The molecule has 0 aliphatic carbocycles. The van der Waals surface area contributed by atoms with E-state index in [9.17, 15) is 4.79 Å². The minimum atomic E-state index is -0.00195. The van der Waals surface area contributed by atoms with Crippen molar-refractivity contribution < 1.29 is 9.32 Å². The fraction of sp³-hybridized carbons (Fsp3) is 0.462. The minimum absolute atomic E-state index is 0.00195. The molecule has 0 aliphatic heterocycles. The highest BCUT2D eigenvalue weighted by Gasteiger charge is 2.10. The molecule has 2 aromatic heterocycles. The quantitative estimate of drug-likeness (QED) is 0.721. The third kappa shape index (κ3) is 4.43. The van der Waals surface area contributed by atoms with Crippen LogP contribution in [0.1, 0.15) is 25.2 Å². The summed E-state index contributed by atoms with van der Waals surface area (Å²) in [6.45, 7) is 1.32. The van der Waals surface area contributed by atoms with Crippen molar-refractivity contribution in [3.05, 3.63) is 23.4 Å². The minimum Gasteiger partial charge on any atom is -0.356 e. The van der Waals surface area contributed by atoms with E-state index in [1.54, 1.807) is 11.3 Å². The topological polar surface area (TPSA) is 94.0 Å². The molecule has 2 rings (SSSR count). The SMILES string of the molecule is NCCCCNC(=O)CCc1nc(-c2cccs2)no1. The Hall–Kier alpha value is -1.73. The first kappa shape index (κ1) is 14.7. The second-order valence-electron chi connectivity index (χ2n) is 4.33. The zero-order chi connectivity index (χ0) is 14.2. The highest BCUT2D eigenvalue weighted by molar-refractivity contribution is 7.13. The second-order valence-corrected chi connectivity index (χ2v) is 5.28. The Bertz CT molecular complexity index is 524. The lowest BCUT2D eigenvalue weighted by Crippen LogP contribution is -2.25. The first-order valence-corrected chi connectivity index (χ1v) is 7.51. The lowest BCUT2D eigenvalue weighted by molar-refractivity contribution is -0.121. The lowest BCUT2D eigenvalue weighted by Gasteiger charge is -2.02. The predicted octanol–water partition coefficient (Wildman–Crippen LogP) is 1.59. The van der Waals surface area contributed by atoms with E-state index in [2.05, 4.69) is 15.5 Å². The normalized spacial score (nSPS) is 10.7. The van der Waals surface area contributed by atoms with Crippen molar-refractivity contribution in [1.82, 2.24) is 15.5 Å². The number of aromatic nitrogens is 2. The van der Waals surface area contributed by atoms with Crippen LogP contribution in [0.2, 0.25) is 0 Å². The van der Waals surface area contributed by atoms with Gasteiger partial charge in [0.2, 0.25) is 17.6 Å². The monoisotopic (exact) mass is 294 g/mol. The van der Waals surface area contributed by atoms with E-state index in [0.717, 1.165) is 17.7 Å².